The second-order valence-electron chi connectivity index (χ2n) is 6.66. The molecule has 0 spiro atoms. The molecule has 0 bridgehead atoms. The van der Waals surface area contributed by atoms with Gasteiger partial charge in [0.15, 0.2) is 0 Å². The lowest BCUT2D eigenvalue weighted by Gasteiger charge is -2.22. The van der Waals surface area contributed by atoms with Crippen LogP contribution < -0.4 is 16.1 Å². The summed E-state index contributed by atoms with van der Waals surface area (Å²) in [4.78, 5) is 40.6. The van der Waals surface area contributed by atoms with Crippen molar-refractivity contribution in [1.82, 2.24) is 9.13 Å². The first-order valence-corrected chi connectivity index (χ1v) is 9.65. The van der Waals surface area contributed by atoms with Gasteiger partial charge in [-0.15, -0.1) is 0 Å². The second kappa shape index (κ2) is 9.34. The normalized spacial score (nSPS) is 11.0. The summed E-state index contributed by atoms with van der Waals surface area (Å²) in [7, 11) is 1.57. The number of benzene rings is 2. The Morgan fingerprint density at radius 3 is 2.38 bits per heavy atom. The predicted molar refractivity (Wildman–Crippen MR) is 113 cm³/mol. The van der Waals surface area contributed by atoms with Gasteiger partial charge in [-0.2, -0.15) is 0 Å². The van der Waals surface area contributed by atoms with Crippen LogP contribution >= 0.6 is 0 Å². The SMILES string of the molecule is CCN(C(=O)Cn1c(=O)n(CCCOC)c(=O)c2ccccc21)c1ccccc1. The van der Waals surface area contributed by atoms with Gasteiger partial charge in [0.25, 0.3) is 5.56 Å². The Morgan fingerprint density at radius 1 is 1.00 bits per heavy atom. The summed E-state index contributed by atoms with van der Waals surface area (Å²) in [5, 5.41) is 0.417. The summed E-state index contributed by atoms with van der Waals surface area (Å²) in [6.45, 7) is 2.89. The number of nitrogens with zero attached hydrogens (tertiary/aromatic N) is 3. The van der Waals surface area contributed by atoms with E-state index in [1.54, 1.807) is 36.3 Å². The van der Waals surface area contributed by atoms with Crippen molar-refractivity contribution < 1.29 is 9.53 Å². The first-order valence-electron chi connectivity index (χ1n) is 9.65. The van der Waals surface area contributed by atoms with Crippen molar-refractivity contribution in [2.75, 3.05) is 25.2 Å². The molecule has 0 fully saturated rings. The quantitative estimate of drug-likeness (QED) is 0.549. The number of amides is 1. The van der Waals surface area contributed by atoms with Gasteiger partial charge in [0, 0.05) is 32.5 Å². The van der Waals surface area contributed by atoms with Crippen LogP contribution in [-0.4, -0.2) is 35.3 Å². The maximum atomic E-state index is 13.1. The van der Waals surface area contributed by atoms with Crippen molar-refractivity contribution in [1.29, 1.82) is 0 Å². The Hall–Kier alpha value is -3.19. The molecule has 0 saturated carbocycles. The molecule has 0 aliphatic carbocycles. The molecule has 0 unspecified atom stereocenters. The van der Waals surface area contributed by atoms with Gasteiger partial charge in [0.1, 0.15) is 6.54 Å². The highest BCUT2D eigenvalue weighted by Crippen LogP contribution is 2.14. The molecule has 0 atom stereocenters. The third-order valence-corrected chi connectivity index (χ3v) is 4.84. The minimum atomic E-state index is -0.484. The van der Waals surface area contributed by atoms with Gasteiger partial charge in [-0.1, -0.05) is 30.3 Å². The van der Waals surface area contributed by atoms with Crippen molar-refractivity contribution in [3.63, 3.8) is 0 Å². The Labute approximate surface area is 168 Å². The van der Waals surface area contributed by atoms with Gasteiger partial charge in [0.2, 0.25) is 5.91 Å². The molecule has 0 N–H and O–H groups in total. The van der Waals surface area contributed by atoms with E-state index >= 15 is 0 Å². The van der Waals surface area contributed by atoms with Gasteiger partial charge in [-0.3, -0.25) is 18.7 Å². The van der Waals surface area contributed by atoms with Crippen LogP contribution in [0.5, 0.6) is 0 Å². The summed E-state index contributed by atoms with van der Waals surface area (Å²) in [6, 6.07) is 16.2. The van der Waals surface area contributed by atoms with Gasteiger partial charge < -0.3 is 9.64 Å². The molecule has 0 aliphatic heterocycles. The summed E-state index contributed by atoms with van der Waals surface area (Å²) in [5.74, 6) is -0.215. The minimum absolute atomic E-state index is 0.146. The van der Waals surface area contributed by atoms with Crippen molar-refractivity contribution in [3.05, 3.63) is 75.4 Å². The highest BCUT2D eigenvalue weighted by atomic mass is 16.5. The van der Waals surface area contributed by atoms with E-state index in [9.17, 15) is 14.4 Å². The number of carbonyl (C=O) groups is 1. The maximum absolute atomic E-state index is 13.1. The van der Waals surface area contributed by atoms with Crippen molar-refractivity contribution in [3.8, 4) is 0 Å². The molecule has 2 aromatic carbocycles. The van der Waals surface area contributed by atoms with Gasteiger partial charge in [-0.25, -0.2) is 4.79 Å². The predicted octanol–water partition coefficient (Wildman–Crippen LogP) is 2.25. The van der Waals surface area contributed by atoms with E-state index in [-0.39, 0.29) is 24.6 Å². The van der Waals surface area contributed by atoms with Crippen molar-refractivity contribution in [2.24, 2.45) is 0 Å². The number of carbonyl (C=O) groups excluding carboxylic acids is 1. The van der Waals surface area contributed by atoms with E-state index in [4.69, 9.17) is 4.74 Å². The zero-order valence-electron chi connectivity index (χ0n) is 16.7. The zero-order chi connectivity index (χ0) is 20.8. The lowest BCUT2D eigenvalue weighted by Crippen LogP contribution is -2.43. The fourth-order valence-corrected chi connectivity index (χ4v) is 3.42. The Morgan fingerprint density at radius 2 is 1.69 bits per heavy atom. The van der Waals surface area contributed by atoms with Crippen LogP contribution in [0.1, 0.15) is 13.3 Å². The second-order valence-corrected chi connectivity index (χ2v) is 6.66. The van der Waals surface area contributed by atoms with E-state index in [0.29, 0.717) is 30.5 Å². The fraction of sp³-hybridized carbons (Fsp3) is 0.318. The number of ether oxygens (including phenoxy) is 1. The molecule has 0 saturated heterocycles. The average Bonchev–Trinajstić information content (AvgIpc) is 2.75. The van der Waals surface area contributed by atoms with Gasteiger partial charge in [0.05, 0.1) is 10.9 Å². The summed E-state index contributed by atoms with van der Waals surface area (Å²) in [6.07, 6.45) is 0.531. The topological polar surface area (TPSA) is 73.5 Å². The molecule has 7 heteroatoms. The number of rotatable bonds is 8. The Kier molecular flexibility index (Phi) is 6.61. The molecule has 29 heavy (non-hydrogen) atoms. The Bertz CT molecular complexity index is 1100. The molecular formula is C22H25N3O4. The molecular weight excluding hydrogens is 370 g/mol. The molecule has 1 aromatic heterocycles. The number of aromatic nitrogens is 2. The monoisotopic (exact) mass is 395 g/mol. The van der Waals surface area contributed by atoms with Gasteiger partial charge >= 0.3 is 5.69 Å². The number of hydrogen-bond donors (Lipinski definition) is 0. The van der Waals surface area contributed by atoms with E-state index in [1.165, 1.54) is 9.13 Å². The zero-order valence-corrected chi connectivity index (χ0v) is 16.7. The number of methoxy groups -OCH3 is 1. The first kappa shape index (κ1) is 20.5. The molecule has 3 rings (SSSR count). The number of hydrogen-bond acceptors (Lipinski definition) is 4. The molecule has 1 amide bonds. The van der Waals surface area contributed by atoms with Crippen LogP contribution in [0.2, 0.25) is 0 Å². The first-order chi connectivity index (χ1) is 14.1. The largest absolute Gasteiger partial charge is 0.385 e. The molecule has 152 valence electrons. The summed E-state index contributed by atoms with van der Waals surface area (Å²) >= 11 is 0. The van der Waals surface area contributed by atoms with Crippen LogP contribution in [0, 0.1) is 0 Å². The van der Waals surface area contributed by atoms with Crippen LogP contribution in [0.25, 0.3) is 10.9 Å². The van der Waals surface area contributed by atoms with Crippen LogP contribution in [0.4, 0.5) is 5.69 Å². The van der Waals surface area contributed by atoms with Crippen LogP contribution in [0.3, 0.4) is 0 Å². The smallest absolute Gasteiger partial charge is 0.331 e. The number of para-hydroxylation sites is 2. The lowest BCUT2D eigenvalue weighted by molar-refractivity contribution is -0.119. The fourth-order valence-electron chi connectivity index (χ4n) is 3.42. The summed E-state index contributed by atoms with van der Waals surface area (Å²) in [5.41, 5.74) is 0.400. The van der Waals surface area contributed by atoms with E-state index < -0.39 is 5.69 Å². The Balaban J connectivity index is 2.05. The third-order valence-electron chi connectivity index (χ3n) is 4.84. The third kappa shape index (κ3) is 4.30. The molecule has 0 aliphatic rings. The van der Waals surface area contributed by atoms with E-state index in [2.05, 4.69) is 0 Å². The van der Waals surface area contributed by atoms with Crippen LogP contribution in [-0.2, 0) is 22.6 Å². The van der Waals surface area contributed by atoms with Crippen molar-refractivity contribution in [2.45, 2.75) is 26.4 Å². The minimum Gasteiger partial charge on any atom is -0.385 e. The number of likely N-dealkylation sites (N-methyl/N-ethyl adjacent to an activating group) is 1. The van der Waals surface area contributed by atoms with Gasteiger partial charge in [-0.05, 0) is 37.6 Å². The summed E-state index contributed by atoms with van der Waals surface area (Å²) < 4.78 is 7.61. The molecule has 3 aromatic rings. The maximum Gasteiger partial charge on any atom is 0.331 e. The highest BCUT2D eigenvalue weighted by molar-refractivity contribution is 5.94. The number of anilines is 1. The average molecular weight is 395 g/mol. The highest BCUT2D eigenvalue weighted by Gasteiger charge is 2.19. The van der Waals surface area contributed by atoms with E-state index in [1.807, 2.05) is 37.3 Å². The molecule has 0 radical (unpaired) electrons. The van der Waals surface area contributed by atoms with Crippen LogP contribution in [0.15, 0.2) is 64.2 Å². The van der Waals surface area contributed by atoms with Crippen molar-refractivity contribution >= 4 is 22.5 Å². The molecule has 7 nitrogen and oxygen atoms in total. The molecule has 1 heterocycles. The number of fused-ring (bicyclic) bond motifs is 1. The standard InChI is InChI=1S/C22H25N3O4/c1-3-23(17-10-5-4-6-11-17)20(26)16-25-19-13-8-7-12-18(19)21(27)24(22(25)28)14-9-15-29-2/h4-8,10-13H,3,9,14-16H2,1-2H3. The lowest BCUT2D eigenvalue weighted by atomic mass is 10.2. The van der Waals surface area contributed by atoms with E-state index in [0.717, 1.165) is 5.69 Å².